The first kappa shape index (κ1) is 31.2. The summed E-state index contributed by atoms with van der Waals surface area (Å²) < 4.78 is 103. The molecule has 4 nitrogen and oxygen atoms in total. The van der Waals surface area contributed by atoms with Crippen LogP contribution in [0.4, 0.5) is 26.3 Å². The van der Waals surface area contributed by atoms with Crippen molar-refractivity contribution in [2.45, 2.75) is 18.0 Å². The van der Waals surface area contributed by atoms with Gasteiger partial charge in [0, 0.05) is 0 Å². The molecule has 1 aliphatic heterocycles. The monoisotopic (exact) mass is 722 g/mol. The number of allylic oxidation sites excluding steroid dienone is 1. The van der Waals surface area contributed by atoms with Crippen LogP contribution < -0.4 is 4.74 Å². The number of alkyl halides is 6. The van der Waals surface area contributed by atoms with Crippen molar-refractivity contribution in [1.29, 1.82) is 0 Å². The van der Waals surface area contributed by atoms with Crippen molar-refractivity contribution in [3.63, 3.8) is 0 Å². The zero-order valence-electron chi connectivity index (χ0n) is 22.7. The van der Waals surface area contributed by atoms with E-state index in [1.165, 1.54) is 55.6 Å². The van der Waals surface area contributed by atoms with E-state index in [2.05, 4.69) is 11.8 Å². The first-order chi connectivity index (χ1) is 21.0. The SMILES string of the molecule is COc1ccc(C(=O)O/C(C#Cc2ccccc2)=C(\c2ccccc2)I2OC(C(F)(F)F)(C(F)(F)F)c3ccccc32)cc1. The Hall–Kier alpha value is -4.28. The topological polar surface area (TPSA) is 44.8 Å². The second kappa shape index (κ2) is 12.4. The summed E-state index contributed by atoms with van der Waals surface area (Å²) in [6.45, 7) is 0. The van der Waals surface area contributed by atoms with Gasteiger partial charge in [0.2, 0.25) is 0 Å². The van der Waals surface area contributed by atoms with Crippen molar-refractivity contribution < 1.29 is 43.7 Å². The van der Waals surface area contributed by atoms with E-state index < -0.39 is 55.5 Å². The van der Waals surface area contributed by atoms with Gasteiger partial charge in [-0.1, -0.05) is 0 Å². The molecule has 5 rings (SSSR count). The fraction of sp³-hybridized carbons (Fsp3) is 0.121. The Bertz CT molecular complexity index is 1720. The summed E-state index contributed by atoms with van der Waals surface area (Å²) >= 11 is -4.21. The summed E-state index contributed by atoms with van der Waals surface area (Å²) in [6, 6.07) is 26.4. The second-order valence-corrected chi connectivity index (χ2v) is 13.3. The third-order valence-corrected chi connectivity index (χ3v) is 11.6. The maximum absolute atomic E-state index is 14.5. The number of carbonyl (C=O) groups excluding carboxylic acids is 1. The molecule has 0 aromatic heterocycles. The fourth-order valence-electron chi connectivity index (χ4n) is 4.34. The van der Waals surface area contributed by atoms with Gasteiger partial charge in [-0.3, -0.25) is 0 Å². The first-order valence-corrected chi connectivity index (χ1v) is 15.9. The Labute approximate surface area is 256 Å². The van der Waals surface area contributed by atoms with Gasteiger partial charge < -0.3 is 0 Å². The third kappa shape index (κ3) is 5.92. The summed E-state index contributed by atoms with van der Waals surface area (Å²) in [7, 11) is 1.44. The zero-order chi connectivity index (χ0) is 31.5. The van der Waals surface area contributed by atoms with Gasteiger partial charge in [0.15, 0.2) is 0 Å². The Morgan fingerprint density at radius 3 is 1.91 bits per heavy atom. The number of benzene rings is 4. The molecule has 44 heavy (non-hydrogen) atoms. The van der Waals surface area contributed by atoms with Crippen LogP contribution in [0.1, 0.15) is 27.0 Å². The minimum absolute atomic E-state index is 0.0497. The van der Waals surface area contributed by atoms with Crippen molar-refractivity contribution in [3.05, 3.63) is 141 Å². The standard InChI is InChI=1S/C33H21F6IO4/c1-42-25-19-17-24(18-20-25)30(41)43-28(21-16-22-10-4-2-5-11-22)29(23-12-6-3-7-13-23)40-27-15-9-8-14-26(27)31(44-40,32(34,35)36)33(37,38)39/h2-15,17-20H,1H3/b29-28+. The normalized spacial score (nSPS) is 15.4. The molecule has 0 spiro atoms. The van der Waals surface area contributed by atoms with Crippen LogP contribution in [0, 0.1) is 15.4 Å². The summed E-state index contributed by atoms with van der Waals surface area (Å²) in [5, 5.41) is 0. The Kier molecular flexibility index (Phi) is 8.76. The van der Waals surface area contributed by atoms with Crippen molar-refractivity contribution >= 4 is 29.8 Å². The van der Waals surface area contributed by atoms with Crippen molar-refractivity contribution in [2.75, 3.05) is 7.11 Å². The van der Waals surface area contributed by atoms with Crippen LogP contribution in [0.2, 0.25) is 0 Å². The molecule has 0 unspecified atom stereocenters. The fourth-order valence-corrected chi connectivity index (χ4v) is 10.0. The molecule has 0 amide bonds. The second-order valence-electron chi connectivity index (χ2n) is 9.23. The summed E-state index contributed by atoms with van der Waals surface area (Å²) in [5.41, 5.74) is -4.91. The van der Waals surface area contributed by atoms with Crippen LogP contribution in [0.25, 0.3) is 3.58 Å². The molecule has 0 radical (unpaired) electrons. The van der Waals surface area contributed by atoms with E-state index in [-0.39, 0.29) is 18.3 Å². The molecule has 0 fully saturated rings. The number of ether oxygens (including phenoxy) is 2. The Balaban J connectivity index is 1.77. The number of carbonyl (C=O) groups is 1. The van der Waals surface area contributed by atoms with Gasteiger partial charge in [0.05, 0.1) is 0 Å². The van der Waals surface area contributed by atoms with Gasteiger partial charge in [-0.15, -0.1) is 0 Å². The molecule has 0 atom stereocenters. The van der Waals surface area contributed by atoms with E-state index in [9.17, 15) is 31.1 Å². The molecule has 4 aromatic rings. The van der Waals surface area contributed by atoms with E-state index in [1.807, 2.05) is 0 Å². The number of rotatable bonds is 5. The molecular weight excluding hydrogens is 701 g/mol. The maximum atomic E-state index is 14.5. The van der Waals surface area contributed by atoms with E-state index >= 15 is 0 Å². The van der Waals surface area contributed by atoms with Crippen LogP contribution in [0.15, 0.2) is 115 Å². The molecule has 226 valence electrons. The van der Waals surface area contributed by atoms with Gasteiger partial charge in [-0.05, 0) is 0 Å². The first-order valence-electron chi connectivity index (χ1n) is 12.8. The van der Waals surface area contributed by atoms with Gasteiger partial charge in [-0.2, -0.15) is 0 Å². The molecule has 4 aromatic carbocycles. The minimum atomic E-state index is -5.86. The molecular formula is C33H21F6IO4. The average molecular weight is 722 g/mol. The Morgan fingerprint density at radius 2 is 1.32 bits per heavy atom. The molecule has 0 aliphatic carbocycles. The number of esters is 1. The molecule has 0 saturated heterocycles. The van der Waals surface area contributed by atoms with Crippen molar-refractivity contribution in [2.24, 2.45) is 0 Å². The molecule has 1 heterocycles. The third-order valence-electron chi connectivity index (χ3n) is 6.44. The Morgan fingerprint density at radius 1 is 0.750 bits per heavy atom. The number of hydrogen-bond acceptors (Lipinski definition) is 4. The number of halogens is 7. The number of methoxy groups -OCH3 is 1. The van der Waals surface area contributed by atoms with Crippen molar-refractivity contribution in [1.82, 2.24) is 0 Å². The van der Waals surface area contributed by atoms with E-state index in [4.69, 9.17) is 12.5 Å². The molecule has 0 saturated carbocycles. The van der Waals surface area contributed by atoms with Crippen LogP contribution in [0.5, 0.6) is 5.75 Å². The molecule has 11 heteroatoms. The van der Waals surface area contributed by atoms with E-state index in [0.29, 0.717) is 11.3 Å². The zero-order valence-corrected chi connectivity index (χ0v) is 24.8. The average Bonchev–Trinajstić information content (AvgIpc) is 3.38. The molecule has 1 aliphatic rings. The summed E-state index contributed by atoms with van der Waals surface area (Å²) in [4.78, 5) is 13.4. The van der Waals surface area contributed by atoms with Crippen LogP contribution in [0.3, 0.4) is 0 Å². The predicted octanol–water partition coefficient (Wildman–Crippen LogP) is 8.91. The number of fused-ring (bicyclic) bond motifs is 1. The van der Waals surface area contributed by atoms with Crippen LogP contribution in [-0.2, 0) is 13.4 Å². The predicted molar refractivity (Wildman–Crippen MR) is 159 cm³/mol. The van der Waals surface area contributed by atoms with Gasteiger partial charge in [0.25, 0.3) is 0 Å². The molecule has 0 N–H and O–H groups in total. The number of hydrogen-bond donors (Lipinski definition) is 0. The van der Waals surface area contributed by atoms with Gasteiger partial charge >= 0.3 is 257 Å². The van der Waals surface area contributed by atoms with Crippen LogP contribution >= 0.6 is 20.2 Å². The van der Waals surface area contributed by atoms with Gasteiger partial charge in [0.1, 0.15) is 0 Å². The quantitative estimate of drug-likeness (QED) is 0.0679. The summed E-state index contributed by atoms with van der Waals surface area (Å²) in [6.07, 6.45) is -11.7. The van der Waals surface area contributed by atoms with E-state index in [0.717, 1.165) is 12.1 Å². The summed E-state index contributed by atoms with van der Waals surface area (Å²) in [5.74, 6) is 4.65. The van der Waals surface area contributed by atoms with E-state index in [1.54, 1.807) is 48.5 Å². The van der Waals surface area contributed by atoms with Gasteiger partial charge in [-0.25, -0.2) is 0 Å². The molecule has 0 bridgehead atoms. The van der Waals surface area contributed by atoms with Crippen molar-refractivity contribution in [3.8, 4) is 17.6 Å². The van der Waals surface area contributed by atoms with Crippen LogP contribution in [-0.4, -0.2) is 25.4 Å².